The molecule has 0 bridgehead atoms. The van der Waals surface area contributed by atoms with Gasteiger partial charge >= 0.3 is 0 Å². The summed E-state index contributed by atoms with van der Waals surface area (Å²) >= 11 is 5.86. The Morgan fingerprint density at radius 3 is 2.40 bits per heavy atom. The number of carbonyl (C=O) groups is 2. The Kier molecular flexibility index (Phi) is 4.33. The van der Waals surface area contributed by atoms with Gasteiger partial charge in [0.1, 0.15) is 6.04 Å². The van der Waals surface area contributed by atoms with Crippen molar-refractivity contribution >= 4 is 29.1 Å². The predicted molar refractivity (Wildman–Crippen MR) is 79.8 cm³/mol. The molecule has 4 nitrogen and oxygen atoms in total. The van der Waals surface area contributed by atoms with E-state index in [1.165, 1.54) is 0 Å². The summed E-state index contributed by atoms with van der Waals surface area (Å²) in [6.07, 6.45) is 0. The van der Waals surface area contributed by atoms with E-state index < -0.39 is 6.04 Å². The van der Waals surface area contributed by atoms with Crippen LogP contribution in [0.3, 0.4) is 0 Å². The van der Waals surface area contributed by atoms with Crippen LogP contribution in [0.15, 0.2) is 24.3 Å². The fourth-order valence-corrected chi connectivity index (χ4v) is 2.51. The third kappa shape index (κ3) is 2.80. The minimum absolute atomic E-state index is 0.0293. The number of halogens is 1. The van der Waals surface area contributed by atoms with Gasteiger partial charge in [-0.05, 0) is 31.2 Å². The molecule has 1 fully saturated rings. The second kappa shape index (κ2) is 5.83. The first-order valence-corrected chi connectivity index (χ1v) is 7.17. The Morgan fingerprint density at radius 1 is 1.25 bits per heavy atom. The zero-order valence-corrected chi connectivity index (χ0v) is 12.7. The number of piperazine rings is 1. The van der Waals surface area contributed by atoms with Gasteiger partial charge in [0.15, 0.2) is 0 Å². The lowest BCUT2D eigenvalue weighted by atomic mass is 10.1. The highest BCUT2D eigenvalue weighted by molar-refractivity contribution is 6.30. The van der Waals surface area contributed by atoms with Gasteiger partial charge in [-0.2, -0.15) is 0 Å². The molecule has 1 heterocycles. The molecule has 0 saturated carbocycles. The van der Waals surface area contributed by atoms with Crippen LogP contribution >= 0.6 is 11.6 Å². The summed E-state index contributed by atoms with van der Waals surface area (Å²) in [4.78, 5) is 27.9. The van der Waals surface area contributed by atoms with Crippen LogP contribution in [0.25, 0.3) is 0 Å². The van der Waals surface area contributed by atoms with Gasteiger partial charge in [0.05, 0.1) is 0 Å². The smallest absolute Gasteiger partial charge is 0.249 e. The highest BCUT2D eigenvalue weighted by atomic mass is 35.5. The summed E-state index contributed by atoms with van der Waals surface area (Å²) in [6.45, 7) is 6.57. The van der Waals surface area contributed by atoms with Crippen LogP contribution in [0.4, 0.5) is 5.69 Å². The second-order valence-electron chi connectivity index (χ2n) is 5.33. The molecule has 2 amide bonds. The van der Waals surface area contributed by atoms with Crippen molar-refractivity contribution in [1.29, 1.82) is 0 Å². The van der Waals surface area contributed by atoms with E-state index in [2.05, 4.69) is 0 Å². The summed E-state index contributed by atoms with van der Waals surface area (Å²) in [7, 11) is 0. The van der Waals surface area contributed by atoms with Gasteiger partial charge in [-0.25, -0.2) is 0 Å². The Labute approximate surface area is 124 Å². The van der Waals surface area contributed by atoms with Crippen LogP contribution in [-0.2, 0) is 9.59 Å². The van der Waals surface area contributed by atoms with E-state index in [0.29, 0.717) is 18.1 Å². The number of nitrogens with zero attached hydrogens (tertiary/aromatic N) is 2. The molecular weight excluding hydrogens is 276 g/mol. The summed E-state index contributed by atoms with van der Waals surface area (Å²) < 4.78 is 0. The Bertz CT molecular complexity index is 513. The number of carbonyl (C=O) groups excluding carboxylic acids is 2. The minimum Gasteiger partial charge on any atom is -0.329 e. The average molecular weight is 295 g/mol. The Balaban J connectivity index is 2.17. The van der Waals surface area contributed by atoms with Gasteiger partial charge in [-0.1, -0.05) is 25.4 Å². The number of hydrogen-bond acceptors (Lipinski definition) is 2. The lowest BCUT2D eigenvalue weighted by Crippen LogP contribution is -2.58. The second-order valence-corrected chi connectivity index (χ2v) is 5.77. The maximum atomic E-state index is 12.4. The molecule has 0 spiro atoms. The largest absolute Gasteiger partial charge is 0.329 e. The maximum Gasteiger partial charge on any atom is 0.249 e. The molecule has 1 aromatic carbocycles. The standard InChI is InChI=1S/C15H19ClN2O2/c1-10(2)14(19)17-8-9-18(15(20)11(17)3)13-6-4-12(16)5-7-13/h4-7,10-11H,8-9H2,1-3H3/t11-/m1/s1. The van der Waals surface area contributed by atoms with Gasteiger partial charge in [0, 0.05) is 29.7 Å². The molecule has 1 aliphatic rings. The normalized spacial score (nSPS) is 19.6. The van der Waals surface area contributed by atoms with Crippen LogP contribution in [0, 0.1) is 5.92 Å². The summed E-state index contributed by atoms with van der Waals surface area (Å²) in [6, 6.07) is 6.76. The zero-order chi connectivity index (χ0) is 14.9. The monoisotopic (exact) mass is 294 g/mol. The van der Waals surface area contributed by atoms with Gasteiger partial charge in [0.2, 0.25) is 11.8 Å². The quantitative estimate of drug-likeness (QED) is 0.841. The van der Waals surface area contributed by atoms with E-state index in [4.69, 9.17) is 11.6 Å². The average Bonchev–Trinajstić information content (AvgIpc) is 2.42. The molecule has 2 rings (SSSR count). The molecular formula is C15H19ClN2O2. The van der Waals surface area contributed by atoms with E-state index in [-0.39, 0.29) is 17.7 Å². The number of hydrogen-bond donors (Lipinski definition) is 0. The zero-order valence-electron chi connectivity index (χ0n) is 12.0. The molecule has 1 aliphatic heterocycles. The predicted octanol–water partition coefficient (Wildman–Crippen LogP) is 2.56. The van der Waals surface area contributed by atoms with Crippen LogP contribution in [0.2, 0.25) is 5.02 Å². The molecule has 0 unspecified atom stereocenters. The molecule has 0 N–H and O–H groups in total. The third-order valence-electron chi connectivity index (χ3n) is 3.57. The van der Waals surface area contributed by atoms with E-state index in [1.807, 2.05) is 26.0 Å². The van der Waals surface area contributed by atoms with E-state index in [0.717, 1.165) is 5.69 Å². The van der Waals surface area contributed by atoms with Crippen LogP contribution in [0.5, 0.6) is 0 Å². The van der Waals surface area contributed by atoms with Crippen LogP contribution in [-0.4, -0.2) is 35.8 Å². The number of benzene rings is 1. The van der Waals surface area contributed by atoms with Gasteiger partial charge in [-0.3, -0.25) is 9.59 Å². The molecule has 1 atom stereocenters. The molecule has 0 aliphatic carbocycles. The topological polar surface area (TPSA) is 40.6 Å². The molecule has 1 saturated heterocycles. The van der Waals surface area contributed by atoms with Crippen molar-refractivity contribution in [2.75, 3.05) is 18.0 Å². The molecule has 5 heteroatoms. The number of amides is 2. The van der Waals surface area contributed by atoms with Gasteiger partial charge in [0.25, 0.3) is 0 Å². The first-order valence-electron chi connectivity index (χ1n) is 6.79. The van der Waals surface area contributed by atoms with E-state index in [9.17, 15) is 9.59 Å². The highest BCUT2D eigenvalue weighted by Crippen LogP contribution is 2.23. The Hall–Kier alpha value is -1.55. The first-order chi connectivity index (χ1) is 9.41. The van der Waals surface area contributed by atoms with Crippen molar-refractivity contribution in [2.24, 2.45) is 5.92 Å². The Morgan fingerprint density at radius 2 is 1.85 bits per heavy atom. The molecule has 108 valence electrons. The van der Waals surface area contributed by atoms with Crippen molar-refractivity contribution < 1.29 is 9.59 Å². The molecule has 1 aromatic rings. The van der Waals surface area contributed by atoms with Crippen LogP contribution in [0.1, 0.15) is 20.8 Å². The summed E-state index contributed by atoms with van der Waals surface area (Å²) in [5.74, 6) is -0.110. The molecule has 20 heavy (non-hydrogen) atoms. The lowest BCUT2D eigenvalue weighted by Gasteiger charge is -2.39. The maximum absolute atomic E-state index is 12.4. The van der Waals surface area contributed by atoms with E-state index in [1.54, 1.807) is 28.9 Å². The highest BCUT2D eigenvalue weighted by Gasteiger charge is 2.35. The minimum atomic E-state index is -0.422. The first kappa shape index (κ1) is 14.9. The van der Waals surface area contributed by atoms with Crippen molar-refractivity contribution in [1.82, 2.24) is 4.90 Å². The van der Waals surface area contributed by atoms with Gasteiger partial charge in [-0.15, -0.1) is 0 Å². The van der Waals surface area contributed by atoms with Crippen LogP contribution < -0.4 is 4.90 Å². The fourth-order valence-electron chi connectivity index (χ4n) is 2.38. The number of anilines is 1. The lowest BCUT2D eigenvalue weighted by molar-refractivity contribution is -0.143. The van der Waals surface area contributed by atoms with Crippen molar-refractivity contribution in [2.45, 2.75) is 26.8 Å². The fraction of sp³-hybridized carbons (Fsp3) is 0.467. The third-order valence-corrected chi connectivity index (χ3v) is 3.82. The summed E-state index contributed by atoms with van der Waals surface area (Å²) in [5, 5.41) is 0.642. The number of rotatable bonds is 2. The summed E-state index contributed by atoms with van der Waals surface area (Å²) in [5.41, 5.74) is 0.822. The van der Waals surface area contributed by atoms with E-state index >= 15 is 0 Å². The SMILES string of the molecule is CC(C)C(=O)N1CCN(c2ccc(Cl)cc2)C(=O)[C@H]1C. The van der Waals surface area contributed by atoms with Crippen molar-refractivity contribution in [3.8, 4) is 0 Å². The van der Waals surface area contributed by atoms with Crippen molar-refractivity contribution in [3.05, 3.63) is 29.3 Å². The molecule has 0 radical (unpaired) electrons. The van der Waals surface area contributed by atoms with Gasteiger partial charge < -0.3 is 9.80 Å². The van der Waals surface area contributed by atoms with Crippen molar-refractivity contribution in [3.63, 3.8) is 0 Å². The molecule has 0 aromatic heterocycles.